The fraction of sp³-hybridized carbons (Fsp3) is 0.812. The summed E-state index contributed by atoms with van der Waals surface area (Å²) in [5.74, 6) is 1.53. The average Bonchev–Trinajstić information content (AvgIpc) is 3.15. The number of rotatable bonds is 11. The van der Waals surface area contributed by atoms with Crippen LogP contribution in [-0.4, -0.2) is 37.0 Å². The van der Waals surface area contributed by atoms with Gasteiger partial charge in [0.05, 0.1) is 0 Å². The summed E-state index contributed by atoms with van der Waals surface area (Å²) in [4.78, 5) is 13.3. The van der Waals surface area contributed by atoms with E-state index in [4.69, 9.17) is 0 Å². The van der Waals surface area contributed by atoms with E-state index in [2.05, 4.69) is 25.7 Å². The van der Waals surface area contributed by atoms with E-state index in [9.17, 15) is 4.79 Å². The molecule has 4 atom stereocenters. The maximum atomic E-state index is 11.3. The maximum absolute atomic E-state index is 11.3. The zero-order chi connectivity index (χ0) is 14.3. The third-order valence-electron chi connectivity index (χ3n) is 4.44. The summed E-state index contributed by atoms with van der Waals surface area (Å²) < 4.78 is 0. The monoisotopic (exact) mass is 266 g/mol. The Hall–Kier alpha value is -0.830. The molecule has 0 aromatic heterocycles. The minimum atomic E-state index is 0.387. The Bertz CT molecular complexity index is 280. The molecular formula is C16H30N2O. The van der Waals surface area contributed by atoms with Crippen LogP contribution in [0.3, 0.4) is 0 Å². The second kappa shape index (κ2) is 8.36. The molecule has 0 heterocycles. The van der Waals surface area contributed by atoms with Crippen LogP contribution >= 0.6 is 0 Å². The molecule has 1 saturated carbocycles. The molecule has 3 nitrogen and oxygen atoms in total. The molecule has 3 heteroatoms. The number of amides is 1. The molecule has 1 amide bonds. The third kappa shape index (κ3) is 5.35. The Morgan fingerprint density at radius 1 is 1.47 bits per heavy atom. The third-order valence-corrected chi connectivity index (χ3v) is 4.44. The number of allylic oxidation sites excluding steroid dienone is 1. The van der Waals surface area contributed by atoms with Crippen molar-refractivity contribution in [1.82, 2.24) is 10.2 Å². The first kappa shape index (κ1) is 16.2. The molecule has 0 bridgehead atoms. The summed E-state index contributed by atoms with van der Waals surface area (Å²) in [5.41, 5.74) is 0. The molecule has 1 rings (SSSR count). The van der Waals surface area contributed by atoms with Crippen molar-refractivity contribution in [2.75, 3.05) is 13.6 Å². The highest BCUT2D eigenvalue weighted by Crippen LogP contribution is 2.42. The van der Waals surface area contributed by atoms with Gasteiger partial charge in [0.15, 0.2) is 0 Å². The minimum Gasteiger partial charge on any atom is -0.342 e. The van der Waals surface area contributed by atoms with Gasteiger partial charge >= 0.3 is 0 Å². The number of nitrogens with zero attached hydrogens (tertiary/aromatic N) is 1. The summed E-state index contributed by atoms with van der Waals surface area (Å²) in [6, 6.07) is 0.973. The predicted molar refractivity (Wildman–Crippen MR) is 81.0 cm³/mol. The van der Waals surface area contributed by atoms with Crippen molar-refractivity contribution in [1.29, 1.82) is 0 Å². The zero-order valence-corrected chi connectivity index (χ0v) is 12.8. The molecule has 110 valence electrons. The number of hydrogen-bond acceptors (Lipinski definition) is 2. The largest absolute Gasteiger partial charge is 0.342 e. The Balaban J connectivity index is 2.36. The molecule has 1 aliphatic rings. The molecule has 0 aromatic carbocycles. The van der Waals surface area contributed by atoms with Crippen molar-refractivity contribution in [2.45, 2.75) is 58.0 Å². The van der Waals surface area contributed by atoms with E-state index in [1.807, 2.05) is 18.0 Å². The predicted octanol–water partition coefficient (Wildman–Crippen LogP) is 2.82. The Kier molecular flexibility index (Phi) is 7.14. The van der Waals surface area contributed by atoms with Crippen LogP contribution in [0.4, 0.5) is 0 Å². The molecule has 1 aliphatic carbocycles. The summed E-state index contributed by atoms with van der Waals surface area (Å²) in [7, 11) is 2.02. The van der Waals surface area contributed by atoms with Crippen LogP contribution in [-0.2, 0) is 4.79 Å². The molecule has 0 saturated heterocycles. The van der Waals surface area contributed by atoms with Gasteiger partial charge in [-0.15, -0.1) is 6.58 Å². The second-order valence-corrected chi connectivity index (χ2v) is 5.91. The van der Waals surface area contributed by atoms with Gasteiger partial charge in [-0.1, -0.05) is 13.0 Å². The molecule has 19 heavy (non-hydrogen) atoms. The SMILES string of the molecule is C=CCCC(CC)N(C=O)CC1CC1CC(C)NC. The number of carbonyl (C=O) groups is 1. The van der Waals surface area contributed by atoms with E-state index < -0.39 is 0 Å². The van der Waals surface area contributed by atoms with E-state index in [1.54, 1.807) is 0 Å². The first-order valence-corrected chi connectivity index (χ1v) is 7.65. The van der Waals surface area contributed by atoms with Crippen molar-refractivity contribution in [3.05, 3.63) is 12.7 Å². The van der Waals surface area contributed by atoms with Gasteiger partial charge in [0.25, 0.3) is 0 Å². The molecule has 4 unspecified atom stereocenters. The van der Waals surface area contributed by atoms with Gasteiger partial charge in [0, 0.05) is 18.6 Å². The lowest BCUT2D eigenvalue weighted by molar-refractivity contribution is -0.120. The van der Waals surface area contributed by atoms with E-state index in [0.29, 0.717) is 12.1 Å². The highest BCUT2D eigenvalue weighted by molar-refractivity contribution is 5.47. The molecular weight excluding hydrogens is 236 g/mol. The van der Waals surface area contributed by atoms with Crippen molar-refractivity contribution in [3.63, 3.8) is 0 Å². The van der Waals surface area contributed by atoms with Gasteiger partial charge in [0.1, 0.15) is 0 Å². The zero-order valence-electron chi connectivity index (χ0n) is 12.8. The summed E-state index contributed by atoms with van der Waals surface area (Å²) in [6.07, 6.45) is 8.59. The van der Waals surface area contributed by atoms with E-state index in [-0.39, 0.29) is 0 Å². The smallest absolute Gasteiger partial charge is 0.209 e. The Morgan fingerprint density at radius 2 is 2.21 bits per heavy atom. The first-order valence-electron chi connectivity index (χ1n) is 7.65. The second-order valence-electron chi connectivity index (χ2n) is 5.91. The quantitative estimate of drug-likeness (QED) is 0.461. The fourth-order valence-corrected chi connectivity index (χ4v) is 2.86. The molecule has 0 aromatic rings. The van der Waals surface area contributed by atoms with Crippen LogP contribution in [0.2, 0.25) is 0 Å². The molecule has 0 radical (unpaired) electrons. The van der Waals surface area contributed by atoms with E-state index >= 15 is 0 Å². The molecule has 1 N–H and O–H groups in total. The van der Waals surface area contributed by atoms with Crippen molar-refractivity contribution in [2.24, 2.45) is 11.8 Å². The van der Waals surface area contributed by atoms with Crippen LogP contribution < -0.4 is 5.32 Å². The summed E-state index contributed by atoms with van der Waals surface area (Å²) in [6.45, 7) is 9.10. The Morgan fingerprint density at radius 3 is 2.74 bits per heavy atom. The van der Waals surface area contributed by atoms with Crippen LogP contribution in [0.5, 0.6) is 0 Å². The highest BCUT2D eigenvalue weighted by atomic mass is 16.1. The van der Waals surface area contributed by atoms with Crippen molar-refractivity contribution < 1.29 is 4.79 Å². The number of carbonyl (C=O) groups excluding carboxylic acids is 1. The molecule has 0 spiro atoms. The standard InChI is InChI=1S/C16H30N2O/c1-5-7-8-16(6-2)18(12-19)11-15-10-14(15)9-13(3)17-4/h5,12-17H,1,6-11H2,2-4H3. The van der Waals surface area contributed by atoms with Gasteiger partial charge in [0.2, 0.25) is 6.41 Å². The topological polar surface area (TPSA) is 32.3 Å². The first-order chi connectivity index (χ1) is 9.15. The Labute approximate surface area is 118 Å². The van der Waals surface area contributed by atoms with Gasteiger partial charge in [-0.25, -0.2) is 0 Å². The fourth-order valence-electron chi connectivity index (χ4n) is 2.86. The van der Waals surface area contributed by atoms with Crippen LogP contribution in [0.1, 0.15) is 46.0 Å². The van der Waals surface area contributed by atoms with Crippen LogP contribution in [0, 0.1) is 11.8 Å². The van der Waals surface area contributed by atoms with E-state index in [1.165, 1.54) is 12.8 Å². The average molecular weight is 266 g/mol. The summed E-state index contributed by atoms with van der Waals surface area (Å²) in [5, 5.41) is 3.29. The molecule has 1 fully saturated rings. The highest BCUT2D eigenvalue weighted by Gasteiger charge is 2.39. The van der Waals surface area contributed by atoms with Crippen LogP contribution in [0.25, 0.3) is 0 Å². The minimum absolute atomic E-state index is 0.387. The van der Waals surface area contributed by atoms with Crippen molar-refractivity contribution in [3.8, 4) is 0 Å². The number of hydrogen-bond donors (Lipinski definition) is 1. The lowest BCUT2D eigenvalue weighted by Gasteiger charge is -2.27. The van der Waals surface area contributed by atoms with Gasteiger partial charge < -0.3 is 10.2 Å². The van der Waals surface area contributed by atoms with Gasteiger partial charge in [-0.05, 0) is 57.9 Å². The van der Waals surface area contributed by atoms with Crippen LogP contribution in [0.15, 0.2) is 12.7 Å². The van der Waals surface area contributed by atoms with Gasteiger partial charge in [-0.2, -0.15) is 0 Å². The normalized spacial score (nSPS) is 24.6. The summed E-state index contributed by atoms with van der Waals surface area (Å²) >= 11 is 0. The van der Waals surface area contributed by atoms with Gasteiger partial charge in [-0.3, -0.25) is 4.79 Å². The maximum Gasteiger partial charge on any atom is 0.209 e. The van der Waals surface area contributed by atoms with E-state index in [0.717, 1.165) is 44.1 Å². The molecule has 0 aliphatic heterocycles. The lowest BCUT2D eigenvalue weighted by Crippen LogP contribution is -2.35. The lowest BCUT2D eigenvalue weighted by atomic mass is 10.1. The number of nitrogens with one attached hydrogen (secondary N) is 1. The van der Waals surface area contributed by atoms with Crippen molar-refractivity contribution >= 4 is 6.41 Å².